The molecule has 0 spiro atoms. The predicted octanol–water partition coefficient (Wildman–Crippen LogP) is 3.75. The monoisotopic (exact) mass is 257 g/mol. The van der Waals surface area contributed by atoms with Gasteiger partial charge >= 0.3 is 0 Å². The number of hydrogen-bond donors (Lipinski definition) is 0. The Balaban J connectivity index is 2.56. The van der Waals surface area contributed by atoms with Gasteiger partial charge in [0.25, 0.3) is 0 Å². The van der Waals surface area contributed by atoms with E-state index in [9.17, 15) is 0 Å². The third kappa shape index (κ3) is 2.40. The van der Waals surface area contributed by atoms with E-state index < -0.39 is 0 Å². The van der Waals surface area contributed by atoms with Crippen molar-refractivity contribution in [2.75, 3.05) is 20.7 Å². The first-order valence-corrected chi connectivity index (χ1v) is 6.77. The fourth-order valence-corrected chi connectivity index (χ4v) is 3.09. The minimum Gasteiger partial charge on any atom is -0.496 e. The summed E-state index contributed by atoms with van der Waals surface area (Å²) in [5.41, 5.74) is 2.69. The third-order valence-corrected chi connectivity index (χ3v) is 4.18. The number of nitrogens with zero attached hydrogens (tertiary/aromatic N) is 1. The Labute approximate surface area is 116 Å². The first kappa shape index (κ1) is 13.7. The van der Waals surface area contributed by atoms with Crippen molar-refractivity contribution in [3.8, 4) is 5.75 Å². The Bertz CT molecular complexity index is 492. The maximum Gasteiger partial charge on any atom is 0.122 e. The lowest BCUT2D eigenvalue weighted by Gasteiger charge is -2.41. The van der Waals surface area contributed by atoms with Crippen molar-refractivity contribution in [1.82, 2.24) is 4.90 Å². The Morgan fingerprint density at radius 1 is 1.42 bits per heavy atom. The zero-order valence-corrected chi connectivity index (χ0v) is 12.1. The van der Waals surface area contributed by atoms with Gasteiger partial charge in [0.15, 0.2) is 0 Å². The molecule has 1 aliphatic rings. The molecule has 0 aliphatic carbocycles. The van der Waals surface area contributed by atoms with Crippen molar-refractivity contribution < 1.29 is 4.74 Å². The molecule has 0 N–H and O–H groups in total. The van der Waals surface area contributed by atoms with Crippen LogP contribution < -0.4 is 4.74 Å². The first-order valence-electron chi connectivity index (χ1n) is 6.77. The van der Waals surface area contributed by atoms with Crippen molar-refractivity contribution in [1.29, 1.82) is 0 Å². The van der Waals surface area contributed by atoms with Gasteiger partial charge in [-0.15, -0.1) is 6.58 Å². The second kappa shape index (κ2) is 5.52. The highest BCUT2D eigenvalue weighted by molar-refractivity contribution is 5.46. The van der Waals surface area contributed by atoms with E-state index >= 15 is 0 Å². The van der Waals surface area contributed by atoms with Crippen LogP contribution in [0.25, 0.3) is 0 Å². The maximum atomic E-state index is 5.57. The van der Waals surface area contributed by atoms with Gasteiger partial charge in [0.05, 0.1) is 7.11 Å². The average molecular weight is 257 g/mol. The van der Waals surface area contributed by atoms with E-state index in [1.54, 1.807) is 7.11 Å². The lowest BCUT2D eigenvalue weighted by Crippen LogP contribution is -2.36. The van der Waals surface area contributed by atoms with E-state index in [1.165, 1.54) is 11.1 Å². The van der Waals surface area contributed by atoms with Crippen molar-refractivity contribution in [3.63, 3.8) is 0 Å². The highest BCUT2D eigenvalue weighted by Gasteiger charge is 2.37. The van der Waals surface area contributed by atoms with Gasteiger partial charge in [-0.2, -0.15) is 0 Å². The number of ether oxygens (including phenoxy) is 1. The molecule has 1 heterocycles. The lowest BCUT2D eigenvalue weighted by molar-refractivity contribution is 0.314. The molecule has 1 aliphatic heterocycles. The molecule has 0 saturated carbocycles. The van der Waals surface area contributed by atoms with Crippen LogP contribution in [0.3, 0.4) is 0 Å². The number of para-hydroxylation sites is 1. The van der Waals surface area contributed by atoms with Crippen LogP contribution in [0.2, 0.25) is 0 Å². The Morgan fingerprint density at radius 3 is 2.79 bits per heavy atom. The smallest absolute Gasteiger partial charge is 0.122 e. The molecule has 0 aromatic heterocycles. The van der Waals surface area contributed by atoms with Crippen LogP contribution in [0, 0.1) is 0 Å². The second-order valence-corrected chi connectivity index (χ2v) is 5.32. The molecule has 1 aromatic rings. The molecule has 2 rings (SSSR count). The van der Waals surface area contributed by atoms with Gasteiger partial charge in [-0.1, -0.05) is 24.3 Å². The summed E-state index contributed by atoms with van der Waals surface area (Å²) in [7, 11) is 3.87. The summed E-state index contributed by atoms with van der Waals surface area (Å²) in [5, 5.41) is 0. The van der Waals surface area contributed by atoms with Crippen LogP contribution >= 0.6 is 0 Å². The van der Waals surface area contributed by atoms with Gasteiger partial charge in [0.1, 0.15) is 5.75 Å². The Kier molecular flexibility index (Phi) is 3.98. The molecule has 0 fully saturated rings. The minimum atomic E-state index is 0.0286. The normalized spacial score (nSPS) is 22.9. The van der Waals surface area contributed by atoms with E-state index in [2.05, 4.69) is 43.8 Å². The number of allylic oxidation sites excluding steroid dienone is 2. The quantitative estimate of drug-likeness (QED) is 0.762. The number of rotatable bonds is 4. The number of methoxy groups -OCH3 is 1. The van der Waals surface area contributed by atoms with E-state index in [0.717, 1.165) is 25.1 Å². The van der Waals surface area contributed by atoms with Crippen molar-refractivity contribution in [3.05, 3.63) is 54.3 Å². The highest BCUT2D eigenvalue weighted by Crippen LogP contribution is 2.45. The van der Waals surface area contributed by atoms with Gasteiger partial charge in [-0.3, -0.25) is 0 Å². The zero-order chi connectivity index (χ0) is 13.9. The largest absolute Gasteiger partial charge is 0.496 e. The van der Waals surface area contributed by atoms with Gasteiger partial charge in [0, 0.05) is 24.6 Å². The van der Waals surface area contributed by atoms with Gasteiger partial charge in [-0.05, 0) is 37.6 Å². The number of hydrogen-bond acceptors (Lipinski definition) is 2. The van der Waals surface area contributed by atoms with Crippen LogP contribution in [0.4, 0.5) is 0 Å². The first-order chi connectivity index (χ1) is 9.14. The van der Waals surface area contributed by atoms with E-state index in [-0.39, 0.29) is 5.41 Å². The van der Waals surface area contributed by atoms with E-state index in [0.29, 0.717) is 0 Å². The summed E-state index contributed by atoms with van der Waals surface area (Å²) in [4.78, 5) is 2.26. The summed E-state index contributed by atoms with van der Waals surface area (Å²) in [6.45, 7) is 7.23. The van der Waals surface area contributed by atoms with Crippen LogP contribution in [-0.2, 0) is 5.41 Å². The van der Waals surface area contributed by atoms with Gasteiger partial charge in [-0.25, -0.2) is 0 Å². The molecule has 2 nitrogen and oxygen atoms in total. The fraction of sp³-hybridized carbons (Fsp3) is 0.412. The molecular formula is C17H23NO. The SMILES string of the molecule is C=CCC1(c2ccccc2OC)CCN(C)C=C1C. The molecule has 0 amide bonds. The van der Waals surface area contributed by atoms with Crippen LogP contribution in [0.15, 0.2) is 48.7 Å². The van der Waals surface area contributed by atoms with Crippen molar-refractivity contribution >= 4 is 0 Å². The molecule has 1 unspecified atom stereocenters. The highest BCUT2D eigenvalue weighted by atomic mass is 16.5. The van der Waals surface area contributed by atoms with Crippen LogP contribution in [-0.4, -0.2) is 25.6 Å². The van der Waals surface area contributed by atoms with Crippen LogP contribution in [0.5, 0.6) is 5.75 Å². The molecule has 0 radical (unpaired) electrons. The van der Waals surface area contributed by atoms with Crippen molar-refractivity contribution in [2.45, 2.75) is 25.2 Å². The standard InChI is InChI=1S/C17H23NO/c1-5-10-17(11-12-18(3)13-14(17)2)15-8-6-7-9-16(15)19-4/h5-9,13H,1,10-12H2,2-4H3. The molecule has 0 saturated heterocycles. The molecule has 19 heavy (non-hydrogen) atoms. The maximum absolute atomic E-state index is 5.57. The zero-order valence-electron chi connectivity index (χ0n) is 12.1. The molecule has 0 bridgehead atoms. The summed E-state index contributed by atoms with van der Waals surface area (Å²) < 4.78 is 5.57. The van der Waals surface area contributed by atoms with Gasteiger partial charge < -0.3 is 9.64 Å². The average Bonchev–Trinajstić information content (AvgIpc) is 2.42. The van der Waals surface area contributed by atoms with E-state index in [1.807, 2.05) is 18.2 Å². The summed E-state index contributed by atoms with van der Waals surface area (Å²) in [5.74, 6) is 0.974. The molecule has 1 atom stereocenters. The van der Waals surface area contributed by atoms with Crippen LogP contribution in [0.1, 0.15) is 25.3 Å². The van der Waals surface area contributed by atoms with E-state index in [4.69, 9.17) is 4.74 Å². The fourth-order valence-electron chi connectivity index (χ4n) is 3.09. The Hall–Kier alpha value is -1.70. The Morgan fingerprint density at radius 2 is 2.16 bits per heavy atom. The van der Waals surface area contributed by atoms with Gasteiger partial charge in [0.2, 0.25) is 0 Å². The summed E-state index contributed by atoms with van der Waals surface area (Å²) >= 11 is 0. The number of benzene rings is 1. The minimum absolute atomic E-state index is 0.0286. The summed E-state index contributed by atoms with van der Waals surface area (Å²) in [6.07, 6.45) is 6.32. The lowest BCUT2D eigenvalue weighted by atomic mass is 9.68. The third-order valence-electron chi connectivity index (χ3n) is 4.18. The molecule has 2 heteroatoms. The molecular weight excluding hydrogens is 234 g/mol. The topological polar surface area (TPSA) is 12.5 Å². The molecule has 102 valence electrons. The van der Waals surface area contributed by atoms with Crippen molar-refractivity contribution in [2.24, 2.45) is 0 Å². The predicted molar refractivity (Wildman–Crippen MR) is 80.5 cm³/mol. The summed E-state index contributed by atoms with van der Waals surface area (Å²) in [6, 6.07) is 8.35. The molecule has 1 aromatic carbocycles. The second-order valence-electron chi connectivity index (χ2n) is 5.32.